The number of amides is 1. The predicted molar refractivity (Wildman–Crippen MR) is 109 cm³/mol. The Labute approximate surface area is 179 Å². The summed E-state index contributed by atoms with van der Waals surface area (Å²) >= 11 is 0. The molecule has 0 spiro atoms. The lowest BCUT2D eigenvalue weighted by molar-refractivity contribution is -0.134. The van der Waals surface area contributed by atoms with Crippen molar-refractivity contribution < 1.29 is 28.7 Å². The van der Waals surface area contributed by atoms with Crippen LogP contribution >= 0.6 is 0 Å². The van der Waals surface area contributed by atoms with Gasteiger partial charge in [-0.25, -0.2) is 4.39 Å². The zero-order valence-corrected chi connectivity index (χ0v) is 17.2. The number of hydrogen-bond donors (Lipinski definition) is 2. The van der Waals surface area contributed by atoms with Gasteiger partial charge in [0.05, 0.1) is 5.57 Å². The lowest BCUT2D eigenvalue weighted by Crippen LogP contribution is -2.46. The molecule has 1 amide bonds. The van der Waals surface area contributed by atoms with Crippen LogP contribution < -0.4 is 5.32 Å². The van der Waals surface area contributed by atoms with Gasteiger partial charge >= 0.3 is 0 Å². The summed E-state index contributed by atoms with van der Waals surface area (Å²) in [6, 6.07) is 5.58. The largest absolute Gasteiger partial charge is 0.380 e. The molecule has 0 saturated heterocycles. The monoisotopic (exact) mass is 425 g/mol. The number of aliphatic hydroxyl groups is 1. The van der Waals surface area contributed by atoms with Gasteiger partial charge in [0, 0.05) is 24.0 Å². The number of hydrogen-bond acceptors (Lipinski definition) is 5. The topological polar surface area (TPSA) is 101 Å². The average molecular weight is 425 g/mol. The second kappa shape index (κ2) is 8.30. The summed E-state index contributed by atoms with van der Waals surface area (Å²) in [6.07, 6.45) is 2.23. The van der Waals surface area contributed by atoms with Crippen molar-refractivity contribution in [2.75, 3.05) is 0 Å². The Bertz CT molecular complexity index is 1020. The zero-order chi connectivity index (χ0) is 22.3. The van der Waals surface area contributed by atoms with Gasteiger partial charge in [0.2, 0.25) is 5.78 Å². The van der Waals surface area contributed by atoms with Gasteiger partial charge in [0.25, 0.3) is 5.91 Å². The normalized spacial score (nSPS) is 27.9. The molecule has 4 atom stereocenters. The van der Waals surface area contributed by atoms with Crippen LogP contribution in [0.2, 0.25) is 0 Å². The van der Waals surface area contributed by atoms with Crippen LogP contribution in [0.4, 0.5) is 4.39 Å². The van der Waals surface area contributed by atoms with Crippen molar-refractivity contribution in [3.05, 3.63) is 58.4 Å². The molecule has 3 aliphatic carbocycles. The average Bonchev–Trinajstić information content (AvgIpc) is 2.75. The van der Waals surface area contributed by atoms with Crippen LogP contribution in [-0.4, -0.2) is 34.5 Å². The molecule has 1 fully saturated rings. The highest BCUT2D eigenvalue weighted by atomic mass is 19.1. The summed E-state index contributed by atoms with van der Waals surface area (Å²) in [7, 11) is 0. The molecule has 4 unspecified atom stereocenters. The summed E-state index contributed by atoms with van der Waals surface area (Å²) in [5.74, 6) is -2.86. The van der Waals surface area contributed by atoms with Gasteiger partial charge in [-0.15, -0.1) is 0 Å². The minimum absolute atomic E-state index is 0.0419. The van der Waals surface area contributed by atoms with Gasteiger partial charge in [0.1, 0.15) is 17.7 Å². The highest BCUT2D eigenvalue weighted by Gasteiger charge is 2.48. The molecule has 2 N–H and O–H groups in total. The molecule has 3 aliphatic rings. The van der Waals surface area contributed by atoms with Crippen LogP contribution in [0.25, 0.3) is 0 Å². The zero-order valence-electron chi connectivity index (χ0n) is 17.2. The summed E-state index contributed by atoms with van der Waals surface area (Å²) in [5.41, 5.74) is 0.986. The van der Waals surface area contributed by atoms with E-state index >= 15 is 0 Å². The van der Waals surface area contributed by atoms with E-state index < -0.39 is 23.6 Å². The van der Waals surface area contributed by atoms with Crippen molar-refractivity contribution in [2.24, 2.45) is 17.8 Å². The van der Waals surface area contributed by atoms with E-state index in [2.05, 4.69) is 5.32 Å². The fourth-order valence-corrected chi connectivity index (χ4v) is 5.13. The molecule has 0 aliphatic heterocycles. The third-order valence-electron chi connectivity index (χ3n) is 6.71. The number of halogens is 1. The predicted octanol–water partition coefficient (Wildman–Crippen LogP) is 2.20. The van der Waals surface area contributed by atoms with Crippen molar-refractivity contribution in [1.82, 2.24) is 5.32 Å². The molecule has 162 valence electrons. The van der Waals surface area contributed by atoms with E-state index in [4.69, 9.17) is 0 Å². The molecule has 0 aromatic heterocycles. The van der Waals surface area contributed by atoms with Crippen LogP contribution in [0.5, 0.6) is 0 Å². The molecule has 4 rings (SSSR count). The second-order valence-corrected chi connectivity index (χ2v) is 8.56. The highest BCUT2D eigenvalue weighted by Crippen LogP contribution is 2.46. The molecule has 6 nitrogen and oxygen atoms in total. The summed E-state index contributed by atoms with van der Waals surface area (Å²) in [6.45, 7) is 1.62. The first kappa shape index (κ1) is 21.3. The van der Waals surface area contributed by atoms with Gasteiger partial charge in [-0.1, -0.05) is 18.6 Å². The summed E-state index contributed by atoms with van der Waals surface area (Å²) in [4.78, 5) is 50.6. The number of ketones is 3. The number of Topliss-reactive ketones (excluding diaryl/α,β-unsaturated/α-hetero) is 3. The molecule has 1 aromatic rings. The summed E-state index contributed by atoms with van der Waals surface area (Å²) < 4.78 is 13.0. The Morgan fingerprint density at radius 2 is 1.84 bits per heavy atom. The van der Waals surface area contributed by atoms with Gasteiger partial charge in [0.15, 0.2) is 5.78 Å². The lowest BCUT2D eigenvalue weighted by atomic mass is 9.61. The first-order valence-corrected chi connectivity index (χ1v) is 10.5. The molecule has 7 heteroatoms. The van der Waals surface area contributed by atoms with Gasteiger partial charge in [-0.2, -0.15) is 0 Å². The van der Waals surface area contributed by atoms with E-state index in [0.29, 0.717) is 24.0 Å². The van der Waals surface area contributed by atoms with Crippen molar-refractivity contribution in [2.45, 2.75) is 45.3 Å². The molecule has 1 aromatic carbocycles. The van der Waals surface area contributed by atoms with Gasteiger partial charge in [-0.3, -0.25) is 19.2 Å². The third-order valence-corrected chi connectivity index (χ3v) is 6.71. The maximum atomic E-state index is 13.1. The first-order valence-electron chi connectivity index (χ1n) is 10.5. The van der Waals surface area contributed by atoms with Crippen LogP contribution in [-0.2, 0) is 25.7 Å². The number of benzene rings is 1. The van der Waals surface area contributed by atoms with E-state index in [1.165, 1.54) is 37.3 Å². The van der Waals surface area contributed by atoms with Crippen molar-refractivity contribution >= 4 is 23.3 Å². The van der Waals surface area contributed by atoms with E-state index in [1.54, 1.807) is 0 Å². The highest BCUT2D eigenvalue weighted by molar-refractivity contribution is 6.25. The van der Waals surface area contributed by atoms with Crippen LogP contribution in [0.1, 0.15) is 38.2 Å². The van der Waals surface area contributed by atoms with Gasteiger partial charge in [-0.05, 0) is 61.4 Å². The molecule has 0 radical (unpaired) electrons. The Morgan fingerprint density at radius 3 is 2.52 bits per heavy atom. The van der Waals surface area contributed by atoms with Crippen molar-refractivity contribution in [3.63, 3.8) is 0 Å². The molecular formula is C24H24FNO5. The number of carbonyl (C=O) groups excluding carboxylic acids is 4. The second-order valence-electron chi connectivity index (χ2n) is 8.56. The third kappa shape index (κ3) is 3.90. The first-order chi connectivity index (χ1) is 14.8. The Kier molecular flexibility index (Phi) is 5.71. The Balaban J connectivity index is 1.59. The molecule has 0 bridgehead atoms. The van der Waals surface area contributed by atoms with E-state index in [-0.39, 0.29) is 47.0 Å². The van der Waals surface area contributed by atoms with E-state index in [1.807, 2.05) is 0 Å². The number of allylic oxidation sites excluding steroid dienone is 2. The number of aliphatic hydroxyl groups excluding tert-OH is 1. The number of rotatable bonds is 4. The quantitative estimate of drug-likeness (QED) is 0.721. The van der Waals surface area contributed by atoms with E-state index in [9.17, 15) is 28.7 Å². The maximum absolute atomic E-state index is 13.1. The van der Waals surface area contributed by atoms with Crippen molar-refractivity contribution in [3.8, 4) is 0 Å². The minimum Gasteiger partial charge on any atom is -0.380 e. The summed E-state index contributed by atoms with van der Waals surface area (Å²) in [5, 5.41) is 13.2. The number of fused-ring (bicyclic) bond motifs is 1. The molecule has 31 heavy (non-hydrogen) atoms. The number of nitrogens with one attached hydrogen (secondary N) is 1. The van der Waals surface area contributed by atoms with Crippen LogP contribution in [0.3, 0.4) is 0 Å². The SMILES string of the molecule is CC(=O)C1CCCC2C(=O)C3=C(C=C(C(=O)NCc4ccc(F)cc4)C(=O)C3O)CC12. The minimum atomic E-state index is -1.67. The maximum Gasteiger partial charge on any atom is 0.255 e. The smallest absolute Gasteiger partial charge is 0.255 e. The molecule has 1 saturated carbocycles. The van der Waals surface area contributed by atoms with Gasteiger partial charge < -0.3 is 10.4 Å². The fraction of sp³-hybridized carbons (Fsp3) is 0.417. The van der Waals surface area contributed by atoms with E-state index in [0.717, 1.165) is 12.8 Å². The molecular weight excluding hydrogens is 401 g/mol. The number of carbonyl (C=O) groups is 4. The lowest BCUT2D eigenvalue weighted by Gasteiger charge is -2.42. The standard InChI is InChI=1S/C24H24FNO5/c1-12(27)16-3-2-4-17-18(16)9-14-10-19(22(29)23(30)20(14)21(17)28)24(31)26-11-13-5-7-15(25)8-6-13/h5-8,10,16-18,23,30H,2-4,9,11H2,1H3,(H,26,31). The Hall–Kier alpha value is -2.93. The van der Waals surface area contributed by atoms with Crippen LogP contribution in [0, 0.1) is 23.6 Å². The molecule has 0 heterocycles. The van der Waals surface area contributed by atoms with Crippen molar-refractivity contribution in [1.29, 1.82) is 0 Å². The Morgan fingerprint density at radius 1 is 1.13 bits per heavy atom. The van der Waals surface area contributed by atoms with Crippen LogP contribution in [0.15, 0.2) is 47.1 Å². The fourth-order valence-electron chi connectivity index (χ4n) is 5.13.